The van der Waals surface area contributed by atoms with Crippen LogP contribution in [0.25, 0.3) is 0 Å². The highest BCUT2D eigenvalue weighted by Gasteiger charge is 2.19. The van der Waals surface area contributed by atoms with Gasteiger partial charge in [-0.3, -0.25) is 19.7 Å². The SMILES string of the molecule is COc1ccc(Cn2cc([N+](=O)[O-])cc(C(=O)NCCO[N+](=O)[O-])c2=O)cc1OC. The molecule has 0 bridgehead atoms. The Bertz CT molecular complexity index is 1020. The molecule has 1 amide bonds. The number of aromatic nitrogens is 1. The average molecular weight is 422 g/mol. The van der Waals surface area contributed by atoms with Crippen LogP contribution >= 0.6 is 0 Å². The second-order valence-corrected chi connectivity index (χ2v) is 5.80. The van der Waals surface area contributed by atoms with Crippen LogP contribution in [0.15, 0.2) is 35.3 Å². The number of hydrogen-bond donors (Lipinski definition) is 1. The van der Waals surface area contributed by atoms with Crippen molar-refractivity contribution in [1.29, 1.82) is 0 Å². The predicted octanol–water partition coefficient (Wildman–Crippen LogP) is 0.760. The van der Waals surface area contributed by atoms with Crippen LogP contribution in [0, 0.1) is 20.2 Å². The van der Waals surface area contributed by atoms with E-state index < -0.39 is 39.3 Å². The topological polar surface area (TPSA) is 165 Å². The molecular formula is C17H18N4O9. The van der Waals surface area contributed by atoms with Gasteiger partial charge in [-0.15, -0.1) is 10.1 Å². The van der Waals surface area contributed by atoms with Crippen LogP contribution in [-0.2, 0) is 11.4 Å². The molecule has 0 aliphatic heterocycles. The van der Waals surface area contributed by atoms with E-state index in [1.54, 1.807) is 18.2 Å². The molecule has 0 saturated carbocycles. The lowest BCUT2D eigenvalue weighted by Crippen LogP contribution is -2.35. The smallest absolute Gasteiger partial charge is 0.294 e. The van der Waals surface area contributed by atoms with Gasteiger partial charge in [-0.2, -0.15) is 0 Å². The number of hydrogen-bond acceptors (Lipinski definition) is 9. The van der Waals surface area contributed by atoms with Gasteiger partial charge in [0, 0.05) is 12.6 Å². The van der Waals surface area contributed by atoms with Crippen molar-refractivity contribution in [1.82, 2.24) is 9.88 Å². The van der Waals surface area contributed by atoms with Gasteiger partial charge in [0.05, 0.1) is 31.9 Å². The summed E-state index contributed by atoms with van der Waals surface area (Å²) in [5.41, 5.74) is -1.16. The highest BCUT2D eigenvalue weighted by atomic mass is 16.9. The standard InChI is InChI=1S/C17H18N4O9/c1-28-14-4-3-11(7-15(14)29-2)9-19-10-12(20(24)25)8-13(17(19)23)16(22)18-5-6-30-21(26)27/h3-4,7-8,10H,5-6,9H2,1-2H3,(H,18,22). The summed E-state index contributed by atoms with van der Waals surface area (Å²) in [5, 5.41) is 22.6. The van der Waals surface area contributed by atoms with Crippen LogP contribution in [0.4, 0.5) is 5.69 Å². The molecule has 2 rings (SSSR count). The zero-order chi connectivity index (χ0) is 22.3. The number of benzene rings is 1. The van der Waals surface area contributed by atoms with Crippen molar-refractivity contribution in [3.63, 3.8) is 0 Å². The molecular weight excluding hydrogens is 404 g/mol. The van der Waals surface area contributed by atoms with Crippen LogP contribution in [0.3, 0.4) is 0 Å². The minimum Gasteiger partial charge on any atom is -0.493 e. The molecule has 0 unspecified atom stereocenters. The van der Waals surface area contributed by atoms with Gasteiger partial charge in [-0.05, 0) is 17.7 Å². The summed E-state index contributed by atoms with van der Waals surface area (Å²) in [6.07, 6.45) is 1.02. The first-order valence-corrected chi connectivity index (χ1v) is 8.42. The Morgan fingerprint density at radius 3 is 2.43 bits per heavy atom. The third-order valence-corrected chi connectivity index (χ3v) is 3.91. The number of ether oxygens (including phenoxy) is 2. The Morgan fingerprint density at radius 2 is 1.83 bits per heavy atom. The maximum atomic E-state index is 12.7. The minimum atomic E-state index is -1.03. The zero-order valence-electron chi connectivity index (χ0n) is 16.0. The summed E-state index contributed by atoms with van der Waals surface area (Å²) in [6.45, 7) is -0.781. The molecule has 0 saturated heterocycles. The first-order chi connectivity index (χ1) is 14.3. The van der Waals surface area contributed by atoms with E-state index in [4.69, 9.17) is 9.47 Å². The summed E-state index contributed by atoms with van der Waals surface area (Å²) >= 11 is 0. The summed E-state index contributed by atoms with van der Waals surface area (Å²) in [6, 6.07) is 5.69. The lowest BCUT2D eigenvalue weighted by atomic mass is 10.1. The number of carbonyl (C=O) groups excluding carboxylic acids is 1. The summed E-state index contributed by atoms with van der Waals surface area (Å²) in [7, 11) is 2.90. The normalized spacial score (nSPS) is 10.2. The van der Waals surface area contributed by atoms with E-state index >= 15 is 0 Å². The minimum absolute atomic E-state index is 0.0778. The molecule has 13 nitrogen and oxygen atoms in total. The van der Waals surface area contributed by atoms with Crippen molar-refractivity contribution in [3.05, 3.63) is 72.2 Å². The molecule has 0 aliphatic carbocycles. The largest absolute Gasteiger partial charge is 0.493 e. The van der Waals surface area contributed by atoms with E-state index in [0.717, 1.165) is 16.8 Å². The fourth-order valence-electron chi connectivity index (χ4n) is 2.56. The second kappa shape index (κ2) is 9.86. The van der Waals surface area contributed by atoms with E-state index in [1.807, 2.05) is 0 Å². The number of amides is 1. The van der Waals surface area contributed by atoms with Crippen molar-refractivity contribution in [2.24, 2.45) is 0 Å². The fraction of sp³-hybridized carbons (Fsp3) is 0.294. The van der Waals surface area contributed by atoms with Crippen LogP contribution in [0.2, 0.25) is 0 Å². The quantitative estimate of drug-likeness (QED) is 0.330. The van der Waals surface area contributed by atoms with Gasteiger partial charge >= 0.3 is 0 Å². The Kier molecular flexibility index (Phi) is 7.27. The highest BCUT2D eigenvalue weighted by molar-refractivity contribution is 5.94. The molecule has 30 heavy (non-hydrogen) atoms. The van der Waals surface area contributed by atoms with E-state index in [-0.39, 0.29) is 13.1 Å². The Morgan fingerprint density at radius 1 is 1.13 bits per heavy atom. The van der Waals surface area contributed by atoms with Crippen LogP contribution in [0.5, 0.6) is 11.5 Å². The highest BCUT2D eigenvalue weighted by Crippen LogP contribution is 2.27. The molecule has 2 aromatic rings. The van der Waals surface area contributed by atoms with Crippen molar-refractivity contribution in [2.75, 3.05) is 27.4 Å². The van der Waals surface area contributed by atoms with Crippen LogP contribution < -0.4 is 20.3 Å². The van der Waals surface area contributed by atoms with Crippen molar-refractivity contribution < 1.29 is 29.1 Å². The molecule has 1 N–H and O–H groups in total. The number of rotatable bonds is 10. The number of carbonyl (C=O) groups is 1. The molecule has 1 aromatic carbocycles. The van der Waals surface area contributed by atoms with E-state index in [1.165, 1.54) is 14.2 Å². The third kappa shape index (κ3) is 5.43. The van der Waals surface area contributed by atoms with Crippen molar-refractivity contribution in [2.45, 2.75) is 6.54 Å². The first-order valence-electron chi connectivity index (χ1n) is 8.42. The molecule has 13 heteroatoms. The van der Waals surface area contributed by atoms with Crippen molar-refractivity contribution in [3.8, 4) is 11.5 Å². The third-order valence-electron chi connectivity index (χ3n) is 3.91. The first kappa shape index (κ1) is 22.1. The maximum Gasteiger partial charge on any atom is 0.294 e. The molecule has 0 fully saturated rings. The lowest BCUT2D eigenvalue weighted by molar-refractivity contribution is -0.757. The molecule has 0 aliphatic rings. The number of pyridine rings is 1. The van der Waals surface area contributed by atoms with Gasteiger partial charge in [-0.25, -0.2) is 0 Å². The molecule has 0 spiro atoms. The molecule has 160 valence electrons. The van der Waals surface area contributed by atoms with E-state index in [9.17, 15) is 29.8 Å². The molecule has 0 atom stereocenters. The fourth-order valence-corrected chi connectivity index (χ4v) is 2.56. The predicted molar refractivity (Wildman–Crippen MR) is 101 cm³/mol. The molecule has 1 heterocycles. The Labute approximate surface area is 169 Å². The number of nitro groups is 1. The summed E-state index contributed by atoms with van der Waals surface area (Å²) in [5.74, 6) is -0.0569. The van der Waals surface area contributed by atoms with Crippen LogP contribution in [0.1, 0.15) is 15.9 Å². The monoisotopic (exact) mass is 422 g/mol. The summed E-state index contributed by atoms with van der Waals surface area (Å²) in [4.78, 5) is 49.6. The average Bonchev–Trinajstić information content (AvgIpc) is 2.71. The van der Waals surface area contributed by atoms with Crippen molar-refractivity contribution >= 4 is 11.6 Å². The lowest BCUT2D eigenvalue weighted by Gasteiger charge is -2.12. The van der Waals surface area contributed by atoms with Gasteiger partial charge in [-0.1, -0.05) is 6.07 Å². The number of nitrogens with zero attached hydrogens (tertiary/aromatic N) is 3. The van der Waals surface area contributed by atoms with E-state index in [2.05, 4.69) is 10.2 Å². The van der Waals surface area contributed by atoms with Gasteiger partial charge in [0.2, 0.25) is 0 Å². The summed E-state index contributed by atoms with van der Waals surface area (Å²) < 4.78 is 11.4. The number of nitrogens with one attached hydrogen (secondary N) is 1. The van der Waals surface area contributed by atoms with Gasteiger partial charge in [0.15, 0.2) is 11.5 Å². The maximum absolute atomic E-state index is 12.7. The molecule has 1 aromatic heterocycles. The number of methoxy groups -OCH3 is 2. The zero-order valence-corrected chi connectivity index (χ0v) is 16.0. The second-order valence-electron chi connectivity index (χ2n) is 5.80. The van der Waals surface area contributed by atoms with Gasteiger partial charge < -0.3 is 24.2 Å². The van der Waals surface area contributed by atoms with Gasteiger partial charge in [0.25, 0.3) is 22.2 Å². The van der Waals surface area contributed by atoms with Gasteiger partial charge in [0.1, 0.15) is 12.2 Å². The molecule has 0 radical (unpaired) electrons. The Hall–Kier alpha value is -4.16. The Balaban J connectivity index is 2.34. The van der Waals surface area contributed by atoms with Crippen LogP contribution in [-0.4, -0.2) is 47.9 Å². The van der Waals surface area contributed by atoms with E-state index in [0.29, 0.717) is 17.1 Å².